The molecule has 112 valence electrons. The van der Waals surface area contributed by atoms with Gasteiger partial charge in [-0.25, -0.2) is 4.39 Å². The molecule has 2 rings (SSSR count). The van der Waals surface area contributed by atoms with Crippen molar-refractivity contribution in [3.05, 3.63) is 59.4 Å². The number of nitrogens with one attached hydrogen (secondary N) is 1. The Kier molecular flexibility index (Phi) is 5.58. The van der Waals surface area contributed by atoms with E-state index in [1.165, 1.54) is 12.1 Å². The van der Waals surface area contributed by atoms with Crippen molar-refractivity contribution in [3.63, 3.8) is 0 Å². The van der Waals surface area contributed by atoms with Gasteiger partial charge in [0.1, 0.15) is 18.2 Å². The molecular weight excluding hydrogens is 269 g/mol. The Morgan fingerprint density at radius 2 is 1.81 bits per heavy atom. The fourth-order valence-electron chi connectivity index (χ4n) is 1.93. The van der Waals surface area contributed by atoms with Crippen LogP contribution in [0.25, 0.3) is 0 Å². The lowest BCUT2D eigenvalue weighted by Crippen LogP contribution is -2.07. The number of methoxy groups -OCH3 is 1. The Labute approximate surface area is 124 Å². The number of halogens is 1. The summed E-state index contributed by atoms with van der Waals surface area (Å²) in [6.45, 7) is 3.69. The van der Waals surface area contributed by atoms with Gasteiger partial charge in [-0.15, -0.1) is 0 Å². The van der Waals surface area contributed by atoms with Crippen LogP contribution in [0.15, 0.2) is 42.5 Å². The van der Waals surface area contributed by atoms with E-state index in [0.29, 0.717) is 19.8 Å². The molecule has 4 heteroatoms. The second-order valence-corrected chi connectivity index (χ2v) is 4.82. The monoisotopic (exact) mass is 289 g/mol. The fourth-order valence-corrected chi connectivity index (χ4v) is 1.93. The van der Waals surface area contributed by atoms with E-state index >= 15 is 0 Å². The van der Waals surface area contributed by atoms with Gasteiger partial charge in [0.2, 0.25) is 0 Å². The van der Waals surface area contributed by atoms with Gasteiger partial charge in [0, 0.05) is 13.7 Å². The van der Waals surface area contributed by atoms with Crippen molar-refractivity contribution in [1.82, 2.24) is 0 Å². The van der Waals surface area contributed by atoms with E-state index in [9.17, 15) is 4.39 Å². The van der Waals surface area contributed by atoms with E-state index in [1.807, 2.05) is 25.1 Å². The van der Waals surface area contributed by atoms with Crippen LogP contribution >= 0.6 is 0 Å². The molecule has 0 unspecified atom stereocenters. The molecule has 0 aliphatic rings. The lowest BCUT2D eigenvalue weighted by molar-refractivity contribution is 0.146. The van der Waals surface area contributed by atoms with Crippen LogP contribution in [0.2, 0.25) is 0 Å². The Balaban J connectivity index is 2.02. The van der Waals surface area contributed by atoms with Crippen LogP contribution in [0.4, 0.5) is 10.1 Å². The molecule has 0 fully saturated rings. The average Bonchev–Trinajstić information content (AvgIpc) is 2.48. The van der Waals surface area contributed by atoms with Gasteiger partial charge in [-0.3, -0.25) is 0 Å². The summed E-state index contributed by atoms with van der Waals surface area (Å²) in [4.78, 5) is 0. The van der Waals surface area contributed by atoms with Crippen molar-refractivity contribution < 1.29 is 13.9 Å². The maximum absolute atomic E-state index is 12.9. The second-order valence-electron chi connectivity index (χ2n) is 4.82. The van der Waals surface area contributed by atoms with Crippen molar-refractivity contribution >= 4 is 5.69 Å². The predicted octanol–water partition coefficient (Wildman–Crippen LogP) is 3.77. The van der Waals surface area contributed by atoms with Crippen LogP contribution in [0.3, 0.4) is 0 Å². The quantitative estimate of drug-likeness (QED) is 0.787. The van der Waals surface area contributed by atoms with E-state index in [1.54, 1.807) is 19.2 Å². The molecule has 0 saturated heterocycles. The molecule has 0 heterocycles. The topological polar surface area (TPSA) is 30.5 Å². The van der Waals surface area contributed by atoms with E-state index in [0.717, 1.165) is 22.6 Å². The van der Waals surface area contributed by atoms with Crippen LogP contribution in [-0.2, 0) is 11.3 Å². The summed E-state index contributed by atoms with van der Waals surface area (Å²) in [6.07, 6.45) is 0. The van der Waals surface area contributed by atoms with Gasteiger partial charge >= 0.3 is 0 Å². The third kappa shape index (κ3) is 4.76. The predicted molar refractivity (Wildman–Crippen MR) is 82.3 cm³/mol. The zero-order valence-electron chi connectivity index (χ0n) is 12.4. The van der Waals surface area contributed by atoms with Crippen LogP contribution in [0.5, 0.6) is 5.75 Å². The van der Waals surface area contributed by atoms with Gasteiger partial charge in [0.15, 0.2) is 0 Å². The molecule has 0 atom stereocenters. The summed E-state index contributed by atoms with van der Waals surface area (Å²) in [5.74, 6) is 0.576. The number of rotatable bonds is 7. The molecule has 0 saturated carbocycles. The van der Waals surface area contributed by atoms with Crippen LogP contribution in [0, 0.1) is 12.7 Å². The fraction of sp³-hybridized carbons (Fsp3) is 0.294. The van der Waals surface area contributed by atoms with Gasteiger partial charge in [0.05, 0.1) is 12.3 Å². The number of anilines is 1. The van der Waals surface area contributed by atoms with Crippen LogP contribution in [0.1, 0.15) is 11.1 Å². The first-order valence-electron chi connectivity index (χ1n) is 6.90. The zero-order valence-corrected chi connectivity index (χ0v) is 12.4. The first-order chi connectivity index (χ1) is 10.2. The van der Waals surface area contributed by atoms with Gasteiger partial charge in [-0.1, -0.05) is 18.2 Å². The van der Waals surface area contributed by atoms with Crippen molar-refractivity contribution in [2.24, 2.45) is 0 Å². The Morgan fingerprint density at radius 1 is 1.05 bits per heavy atom. The molecule has 2 aromatic rings. The zero-order chi connectivity index (χ0) is 15.1. The molecule has 0 aliphatic carbocycles. The molecule has 3 nitrogen and oxygen atoms in total. The van der Waals surface area contributed by atoms with E-state index in [-0.39, 0.29) is 5.82 Å². The van der Waals surface area contributed by atoms with Crippen molar-refractivity contribution in [3.8, 4) is 5.75 Å². The van der Waals surface area contributed by atoms with Gasteiger partial charge in [-0.2, -0.15) is 0 Å². The Morgan fingerprint density at radius 3 is 2.52 bits per heavy atom. The highest BCUT2D eigenvalue weighted by atomic mass is 19.1. The second kappa shape index (κ2) is 7.64. The van der Waals surface area contributed by atoms with Gasteiger partial charge < -0.3 is 14.8 Å². The summed E-state index contributed by atoms with van der Waals surface area (Å²) >= 11 is 0. The largest absolute Gasteiger partial charge is 0.489 e. The summed E-state index contributed by atoms with van der Waals surface area (Å²) in [5, 5.41) is 3.31. The minimum absolute atomic E-state index is 0.224. The SMILES string of the molecule is COCCOc1cc(C)ccc1NCc1ccc(F)cc1. The maximum Gasteiger partial charge on any atom is 0.142 e. The molecule has 0 aliphatic heterocycles. The molecule has 0 spiro atoms. The average molecular weight is 289 g/mol. The molecule has 0 radical (unpaired) electrons. The third-order valence-electron chi connectivity index (χ3n) is 3.08. The maximum atomic E-state index is 12.9. The highest BCUT2D eigenvalue weighted by Crippen LogP contribution is 2.26. The minimum Gasteiger partial charge on any atom is -0.489 e. The number of hydrogen-bond donors (Lipinski definition) is 1. The standard InChI is InChI=1S/C17H20FNO2/c1-13-3-8-16(17(11-13)21-10-9-20-2)19-12-14-4-6-15(18)7-5-14/h3-8,11,19H,9-10,12H2,1-2H3. The lowest BCUT2D eigenvalue weighted by Gasteiger charge is -2.14. The number of hydrogen-bond acceptors (Lipinski definition) is 3. The molecule has 0 aromatic heterocycles. The van der Waals surface area contributed by atoms with Crippen LogP contribution in [-0.4, -0.2) is 20.3 Å². The normalized spacial score (nSPS) is 10.4. The first kappa shape index (κ1) is 15.3. The van der Waals surface area contributed by atoms with Crippen molar-refractivity contribution in [1.29, 1.82) is 0 Å². The molecule has 0 bridgehead atoms. The lowest BCUT2D eigenvalue weighted by atomic mass is 10.2. The highest BCUT2D eigenvalue weighted by Gasteiger charge is 2.04. The minimum atomic E-state index is -0.224. The first-order valence-corrected chi connectivity index (χ1v) is 6.90. The molecule has 0 amide bonds. The summed E-state index contributed by atoms with van der Waals surface area (Å²) in [5.41, 5.74) is 3.07. The number of benzene rings is 2. The number of ether oxygens (including phenoxy) is 2. The Bertz CT molecular complexity index is 570. The number of aryl methyl sites for hydroxylation is 1. The molecular formula is C17H20FNO2. The molecule has 1 N–H and O–H groups in total. The van der Waals surface area contributed by atoms with E-state index < -0.39 is 0 Å². The van der Waals surface area contributed by atoms with Gasteiger partial charge in [-0.05, 0) is 42.3 Å². The van der Waals surface area contributed by atoms with Gasteiger partial charge in [0.25, 0.3) is 0 Å². The molecule has 21 heavy (non-hydrogen) atoms. The summed E-state index contributed by atoms with van der Waals surface area (Å²) in [6, 6.07) is 12.5. The smallest absolute Gasteiger partial charge is 0.142 e. The summed E-state index contributed by atoms with van der Waals surface area (Å²) < 4.78 is 23.6. The van der Waals surface area contributed by atoms with Crippen LogP contribution < -0.4 is 10.1 Å². The van der Waals surface area contributed by atoms with Crippen molar-refractivity contribution in [2.45, 2.75) is 13.5 Å². The Hall–Kier alpha value is -2.07. The summed E-state index contributed by atoms with van der Waals surface area (Å²) in [7, 11) is 1.65. The van der Waals surface area contributed by atoms with Crippen molar-refractivity contribution in [2.75, 3.05) is 25.6 Å². The molecule has 2 aromatic carbocycles. The highest BCUT2D eigenvalue weighted by molar-refractivity contribution is 5.57. The van der Waals surface area contributed by atoms with E-state index in [4.69, 9.17) is 9.47 Å². The third-order valence-corrected chi connectivity index (χ3v) is 3.08. The van der Waals surface area contributed by atoms with E-state index in [2.05, 4.69) is 5.32 Å².